The molecule has 1 aromatic heterocycles. The largest absolute Gasteiger partial charge is 0.484 e. The topological polar surface area (TPSA) is 51.2 Å². The quantitative estimate of drug-likeness (QED) is 0.796. The van der Waals surface area contributed by atoms with Crippen molar-refractivity contribution >= 4 is 22.5 Å². The van der Waals surface area contributed by atoms with Crippen molar-refractivity contribution in [1.82, 2.24) is 4.98 Å². The van der Waals surface area contributed by atoms with Gasteiger partial charge in [0.2, 0.25) is 0 Å². The van der Waals surface area contributed by atoms with E-state index >= 15 is 0 Å². The van der Waals surface area contributed by atoms with E-state index < -0.39 is 0 Å². The number of aryl methyl sites for hydroxylation is 2. The van der Waals surface area contributed by atoms with Crippen LogP contribution in [0.1, 0.15) is 11.1 Å². The number of benzene rings is 2. The normalized spacial score (nSPS) is 10.5. The van der Waals surface area contributed by atoms with Gasteiger partial charge >= 0.3 is 0 Å². The lowest BCUT2D eigenvalue weighted by Crippen LogP contribution is -2.20. The Morgan fingerprint density at radius 1 is 1.09 bits per heavy atom. The summed E-state index contributed by atoms with van der Waals surface area (Å²) in [4.78, 5) is 16.3. The number of hydrogen-bond acceptors (Lipinski definition) is 3. The maximum absolute atomic E-state index is 12.0. The molecule has 0 aliphatic rings. The number of fused-ring (bicyclic) bond motifs is 1. The molecule has 0 saturated heterocycles. The molecule has 116 valence electrons. The van der Waals surface area contributed by atoms with Crippen molar-refractivity contribution in [1.29, 1.82) is 0 Å². The van der Waals surface area contributed by atoms with Crippen LogP contribution in [0.3, 0.4) is 0 Å². The van der Waals surface area contributed by atoms with Gasteiger partial charge in [-0.15, -0.1) is 0 Å². The molecule has 23 heavy (non-hydrogen) atoms. The van der Waals surface area contributed by atoms with E-state index in [0.717, 1.165) is 22.2 Å². The van der Waals surface area contributed by atoms with E-state index in [1.165, 1.54) is 5.56 Å². The first kappa shape index (κ1) is 15.0. The first-order chi connectivity index (χ1) is 11.1. The van der Waals surface area contributed by atoms with Crippen LogP contribution < -0.4 is 10.1 Å². The van der Waals surface area contributed by atoms with Gasteiger partial charge in [-0.25, -0.2) is 0 Å². The third kappa shape index (κ3) is 3.66. The Morgan fingerprint density at radius 3 is 2.78 bits per heavy atom. The van der Waals surface area contributed by atoms with E-state index in [1.54, 1.807) is 6.20 Å². The lowest BCUT2D eigenvalue weighted by atomic mass is 10.1. The van der Waals surface area contributed by atoms with E-state index in [2.05, 4.69) is 10.3 Å². The standard InChI is InChI=1S/C19H18N2O2/c1-13-5-6-16(10-14(13)2)21-19(22)12-23-17-7-8-18-15(11-17)4-3-9-20-18/h3-11H,12H2,1-2H3,(H,21,22). The van der Waals surface area contributed by atoms with E-state index in [1.807, 2.05) is 62.4 Å². The van der Waals surface area contributed by atoms with Crippen LogP contribution in [0.25, 0.3) is 10.9 Å². The monoisotopic (exact) mass is 306 g/mol. The van der Waals surface area contributed by atoms with Crippen LogP contribution in [0.2, 0.25) is 0 Å². The van der Waals surface area contributed by atoms with Gasteiger partial charge in [-0.3, -0.25) is 9.78 Å². The number of aromatic nitrogens is 1. The summed E-state index contributed by atoms with van der Waals surface area (Å²) in [6.45, 7) is 4.03. The highest BCUT2D eigenvalue weighted by Gasteiger charge is 2.05. The van der Waals surface area contributed by atoms with Gasteiger partial charge in [0, 0.05) is 17.3 Å². The molecule has 1 N–H and O–H groups in total. The Hall–Kier alpha value is -2.88. The van der Waals surface area contributed by atoms with E-state index in [4.69, 9.17) is 4.74 Å². The van der Waals surface area contributed by atoms with Crippen LogP contribution in [-0.4, -0.2) is 17.5 Å². The molecule has 4 heteroatoms. The molecule has 1 heterocycles. The number of carbonyl (C=O) groups excluding carboxylic acids is 1. The van der Waals surface area contributed by atoms with Crippen molar-refractivity contribution in [3.05, 3.63) is 65.9 Å². The molecule has 0 spiro atoms. The fraction of sp³-hybridized carbons (Fsp3) is 0.158. The molecule has 0 atom stereocenters. The molecule has 0 bridgehead atoms. The minimum absolute atomic E-state index is 0.0291. The first-order valence-corrected chi connectivity index (χ1v) is 7.46. The van der Waals surface area contributed by atoms with Gasteiger partial charge in [0.25, 0.3) is 5.91 Å². The van der Waals surface area contributed by atoms with Crippen LogP contribution in [-0.2, 0) is 4.79 Å². The van der Waals surface area contributed by atoms with Crippen molar-refractivity contribution in [3.8, 4) is 5.75 Å². The molecule has 0 radical (unpaired) electrons. The number of anilines is 1. The Bertz CT molecular complexity index is 859. The Labute approximate surface area is 135 Å². The average Bonchev–Trinajstić information content (AvgIpc) is 2.56. The van der Waals surface area contributed by atoms with Gasteiger partial charge in [0.15, 0.2) is 6.61 Å². The van der Waals surface area contributed by atoms with Crippen LogP contribution in [0, 0.1) is 13.8 Å². The average molecular weight is 306 g/mol. The summed E-state index contributed by atoms with van der Waals surface area (Å²) in [7, 11) is 0. The molecule has 3 aromatic rings. The Balaban J connectivity index is 1.62. The lowest BCUT2D eigenvalue weighted by Gasteiger charge is -2.09. The summed E-state index contributed by atoms with van der Waals surface area (Å²) in [6.07, 6.45) is 1.75. The van der Waals surface area contributed by atoms with Crippen LogP contribution in [0.5, 0.6) is 5.75 Å². The van der Waals surface area contributed by atoms with Crippen molar-refractivity contribution in [2.45, 2.75) is 13.8 Å². The predicted octanol–water partition coefficient (Wildman–Crippen LogP) is 3.87. The molecule has 0 unspecified atom stereocenters. The van der Waals surface area contributed by atoms with Gasteiger partial charge in [-0.1, -0.05) is 12.1 Å². The second-order valence-corrected chi connectivity index (χ2v) is 5.49. The van der Waals surface area contributed by atoms with E-state index in [9.17, 15) is 4.79 Å². The van der Waals surface area contributed by atoms with E-state index in [0.29, 0.717) is 5.75 Å². The van der Waals surface area contributed by atoms with Crippen LogP contribution >= 0.6 is 0 Å². The van der Waals surface area contributed by atoms with Gasteiger partial charge in [-0.2, -0.15) is 0 Å². The summed E-state index contributed by atoms with van der Waals surface area (Å²) in [5, 5.41) is 3.83. The van der Waals surface area contributed by atoms with Crippen LogP contribution in [0.15, 0.2) is 54.7 Å². The van der Waals surface area contributed by atoms with Crippen LogP contribution in [0.4, 0.5) is 5.69 Å². The number of ether oxygens (including phenoxy) is 1. The molecule has 0 aliphatic heterocycles. The lowest BCUT2D eigenvalue weighted by molar-refractivity contribution is -0.118. The molecule has 4 nitrogen and oxygen atoms in total. The number of nitrogens with one attached hydrogen (secondary N) is 1. The van der Waals surface area contributed by atoms with Crippen molar-refractivity contribution in [2.75, 3.05) is 11.9 Å². The summed E-state index contributed by atoms with van der Waals surface area (Å²) in [5.41, 5.74) is 4.03. The zero-order valence-electron chi connectivity index (χ0n) is 13.2. The molecular formula is C19H18N2O2. The molecule has 3 rings (SSSR count). The van der Waals surface area contributed by atoms with Gasteiger partial charge in [-0.05, 0) is 61.4 Å². The highest BCUT2D eigenvalue weighted by molar-refractivity contribution is 5.92. The maximum atomic E-state index is 12.0. The number of nitrogens with zero attached hydrogens (tertiary/aromatic N) is 1. The summed E-state index contributed by atoms with van der Waals surface area (Å²) >= 11 is 0. The third-order valence-electron chi connectivity index (χ3n) is 3.74. The maximum Gasteiger partial charge on any atom is 0.262 e. The second-order valence-electron chi connectivity index (χ2n) is 5.49. The highest BCUT2D eigenvalue weighted by atomic mass is 16.5. The molecule has 1 amide bonds. The number of carbonyl (C=O) groups is 1. The number of hydrogen-bond donors (Lipinski definition) is 1. The highest BCUT2D eigenvalue weighted by Crippen LogP contribution is 2.19. The molecule has 0 fully saturated rings. The smallest absolute Gasteiger partial charge is 0.262 e. The number of pyridine rings is 1. The SMILES string of the molecule is Cc1ccc(NC(=O)COc2ccc3ncccc3c2)cc1C. The zero-order valence-corrected chi connectivity index (χ0v) is 13.2. The van der Waals surface area contributed by atoms with Gasteiger partial charge in [0.1, 0.15) is 5.75 Å². The second kappa shape index (κ2) is 6.48. The van der Waals surface area contributed by atoms with Crippen molar-refractivity contribution < 1.29 is 9.53 Å². The summed E-state index contributed by atoms with van der Waals surface area (Å²) in [6, 6.07) is 15.2. The fourth-order valence-electron chi connectivity index (χ4n) is 2.31. The number of rotatable bonds is 4. The minimum atomic E-state index is -0.181. The zero-order chi connectivity index (χ0) is 16.2. The predicted molar refractivity (Wildman–Crippen MR) is 91.8 cm³/mol. The molecule has 2 aromatic carbocycles. The summed E-state index contributed by atoms with van der Waals surface area (Å²) in [5.74, 6) is 0.472. The Morgan fingerprint density at radius 2 is 1.96 bits per heavy atom. The minimum Gasteiger partial charge on any atom is -0.484 e. The van der Waals surface area contributed by atoms with Crippen molar-refractivity contribution in [2.24, 2.45) is 0 Å². The molecular weight excluding hydrogens is 288 g/mol. The first-order valence-electron chi connectivity index (χ1n) is 7.46. The van der Waals surface area contributed by atoms with Crippen molar-refractivity contribution in [3.63, 3.8) is 0 Å². The fourth-order valence-corrected chi connectivity index (χ4v) is 2.31. The third-order valence-corrected chi connectivity index (χ3v) is 3.74. The van der Waals surface area contributed by atoms with Gasteiger partial charge in [0.05, 0.1) is 5.52 Å². The van der Waals surface area contributed by atoms with Gasteiger partial charge < -0.3 is 10.1 Å². The summed E-state index contributed by atoms with van der Waals surface area (Å²) < 4.78 is 5.56. The molecule has 0 saturated carbocycles. The Kier molecular flexibility index (Phi) is 4.24. The molecule has 0 aliphatic carbocycles. The van der Waals surface area contributed by atoms with E-state index in [-0.39, 0.29) is 12.5 Å². The number of amides is 1.